The summed E-state index contributed by atoms with van der Waals surface area (Å²) in [5, 5.41) is 8.96. The molecule has 1 aromatic carbocycles. The first-order valence-electron chi connectivity index (χ1n) is 6.64. The fourth-order valence-electron chi connectivity index (χ4n) is 2.27. The number of sulfonamides is 1. The number of benzene rings is 1. The number of carboxylic acids is 1. The van der Waals surface area contributed by atoms with Gasteiger partial charge >= 0.3 is 5.97 Å². The van der Waals surface area contributed by atoms with Gasteiger partial charge in [0.15, 0.2) is 0 Å². The first kappa shape index (κ1) is 17.1. The molecule has 1 aliphatic heterocycles. The van der Waals surface area contributed by atoms with Crippen LogP contribution in [-0.4, -0.2) is 38.2 Å². The molecule has 1 aliphatic rings. The van der Waals surface area contributed by atoms with Gasteiger partial charge < -0.3 is 9.84 Å². The lowest BCUT2D eigenvalue weighted by Crippen LogP contribution is -2.46. The van der Waals surface area contributed by atoms with Crippen molar-refractivity contribution in [3.05, 3.63) is 40.9 Å². The number of aromatic carboxylic acids is 1. The van der Waals surface area contributed by atoms with E-state index in [4.69, 9.17) is 9.84 Å². The Morgan fingerprint density at radius 3 is 2.82 bits per heavy atom. The van der Waals surface area contributed by atoms with E-state index in [0.29, 0.717) is 13.0 Å². The van der Waals surface area contributed by atoms with Gasteiger partial charge in [-0.2, -0.15) is 0 Å². The minimum absolute atomic E-state index is 0.00207. The maximum Gasteiger partial charge on any atom is 0.336 e. The van der Waals surface area contributed by atoms with Crippen LogP contribution in [0.25, 0.3) is 0 Å². The van der Waals surface area contributed by atoms with Crippen molar-refractivity contribution < 1.29 is 23.1 Å². The van der Waals surface area contributed by atoms with E-state index in [0.717, 1.165) is 6.42 Å². The summed E-state index contributed by atoms with van der Waals surface area (Å²) in [6, 6.07) is 3.42. The van der Waals surface area contributed by atoms with E-state index >= 15 is 0 Å². The molecule has 2 rings (SSSR count). The molecule has 2 atom stereocenters. The zero-order chi connectivity index (χ0) is 16.3. The number of hydrogen-bond acceptors (Lipinski definition) is 4. The van der Waals surface area contributed by atoms with Crippen molar-refractivity contribution in [2.75, 3.05) is 6.61 Å². The van der Waals surface area contributed by atoms with E-state index in [1.54, 1.807) is 6.08 Å². The monoisotopic (exact) mass is 389 g/mol. The van der Waals surface area contributed by atoms with Crippen molar-refractivity contribution in [3.63, 3.8) is 0 Å². The summed E-state index contributed by atoms with van der Waals surface area (Å²) in [6.07, 6.45) is 2.63. The van der Waals surface area contributed by atoms with Gasteiger partial charge in [0.25, 0.3) is 0 Å². The smallest absolute Gasteiger partial charge is 0.336 e. The summed E-state index contributed by atoms with van der Waals surface area (Å²) in [5.41, 5.74) is 0.00363. The predicted molar refractivity (Wildman–Crippen MR) is 84.4 cm³/mol. The molecular formula is C14H16BrNO5S. The predicted octanol–water partition coefficient (Wildman–Crippen LogP) is 2.16. The molecule has 0 saturated carbocycles. The summed E-state index contributed by atoms with van der Waals surface area (Å²) < 4.78 is 33.1. The molecule has 0 bridgehead atoms. The Morgan fingerprint density at radius 2 is 2.23 bits per heavy atom. The molecule has 8 heteroatoms. The highest BCUT2D eigenvalue weighted by Crippen LogP contribution is 2.23. The Bertz CT molecular complexity index is 688. The molecule has 0 unspecified atom stereocenters. The normalized spacial score (nSPS) is 22.2. The second kappa shape index (κ2) is 6.91. The van der Waals surface area contributed by atoms with E-state index in [-0.39, 0.29) is 27.1 Å². The van der Waals surface area contributed by atoms with E-state index in [1.165, 1.54) is 18.2 Å². The molecule has 1 saturated heterocycles. The summed E-state index contributed by atoms with van der Waals surface area (Å²) in [7, 11) is -3.77. The van der Waals surface area contributed by atoms with Crippen LogP contribution in [0.3, 0.4) is 0 Å². The number of rotatable bonds is 5. The molecule has 1 aromatic rings. The Labute approximate surface area is 137 Å². The van der Waals surface area contributed by atoms with Crippen LogP contribution in [0.2, 0.25) is 0 Å². The van der Waals surface area contributed by atoms with E-state index in [1.807, 2.05) is 0 Å². The molecule has 0 radical (unpaired) electrons. The number of hydrogen-bond donors (Lipinski definition) is 2. The van der Waals surface area contributed by atoms with E-state index < -0.39 is 16.0 Å². The summed E-state index contributed by atoms with van der Waals surface area (Å²) >= 11 is 3.08. The first-order valence-corrected chi connectivity index (χ1v) is 8.92. The summed E-state index contributed by atoms with van der Waals surface area (Å²) in [5.74, 6) is -1.13. The van der Waals surface area contributed by atoms with Crippen molar-refractivity contribution in [1.82, 2.24) is 4.72 Å². The van der Waals surface area contributed by atoms with Gasteiger partial charge in [0.2, 0.25) is 10.0 Å². The lowest BCUT2D eigenvalue weighted by molar-refractivity contribution is 0.0274. The molecule has 2 N–H and O–H groups in total. The topological polar surface area (TPSA) is 92.7 Å². The van der Waals surface area contributed by atoms with E-state index in [9.17, 15) is 13.2 Å². The van der Waals surface area contributed by atoms with Crippen molar-refractivity contribution in [3.8, 4) is 0 Å². The van der Waals surface area contributed by atoms with Crippen molar-refractivity contribution in [2.24, 2.45) is 0 Å². The van der Waals surface area contributed by atoms with Gasteiger partial charge in [-0.1, -0.05) is 6.08 Å². The lowest BCUT2D eigenvalue weighted by atomic mass is 10.0. The van der Waals surface area contributed by atoms with Gasteiger partial charge in [-0.25, -0.2) is 17.9 Å². The molecule has 0 amide bonds. The second-order valence-corrected chi connectivity index (χ2v) is 7.46. The molecule has 1 fully saturated rings. The Hall–Kier alpha value is -1.22. The van der Waals surface area contributed by atoms with Crippen LogP contribution in [0.15, 0.2) is 40.2 Å². The Morgan fingerprint density at radius 1 is 1.50 bits per heavy atom. The molecule has 0 aliphatic carbocycles. The minimum Gasteiger partial charge on any atom is -0.478 e. The average Bonchev–Trinajstić information content (AvgIpc) is 2.47. The third-order valence-corrected chi connectivity index (χ3v) is 5.53. The van der Waals surface area contributed by atoms with Crippen LogP contribution in [0.4, 0.5) is 0 Å². The third-order valence-electron chi connectivity index (χ3n) is 3.39. The summed E-state index contributed by atoms with van der Waals surface area (Å²) in [4.78, 5) is 11.0. The van der Waals surface area contributed by atoms with Crippen LogP contribution in [0, 0.1) is 0 Å². The van der Waals surface area contributed by atoms with Crippen LogP contribution in [0.1, 0.15) is 23.2 Å². The van der Waals surface area contributed by atoms with Gasteiger partial charge in [0.1, 0.15) is 0 Å². The van der Waals surface area contributed by atoms with Crippen LogP contribution >= 0.6 is 15.9 Å². The van der Waals surface area contributed by atoms with Gasteiger partial charge in [-0.3, -0.25) is 0 Å². The standard InChI is InChI=1S/C14H16BrNO5S/c1-2-13-12(4-3-7-21-13)16-22(19,20)9-5-6-10(14(17)18)11(15)8-9/h2,5-6,8,12-13,16H,1,3-4,7H2,(H,17,18)/t12-,13+/m1/s1. The fourth-order valence-corrected chi connectivity index (χ4v) is 4.27. The third kappa shape index (κ3) is 3.75. The number of nitrogens with one attached hydrogen (secondary N) is 1. The molecule has 120 valence electrons. The molecule has 0 spiro atoms. The largest absolute Gasteiger partial charge is 0.478 e. The molecular weight excluding hydrogens is 374 g/mol. The molecule has 1 heterocycles. The lowest BCUT2D eigenvalue weighted by Gasteiger charge is -2.30. The van der Waals surface area contributed by atoms with Gasteiger partial charge in [0.05, 0.1) is 22.6 Å². The molecule has 6 nitrogen and oxygen atoms in total. The maximum absolute atomic E-state index is 12.4. The first-order chi connectivity index (χ1) is 10.3. The van der Waals surface area contributed by atoms with Gasteiger partial charge in [0, 0.05) is 11.1 Å². The number of carboxylic acid groups (broad SMARTS) is 1. The SMILES string of the molecule is C=C[C@@H]1OCCC[C@H]1NS(=O)(=O)c1ccc(C(=O)O)c(Br)c1. The molecule has 0 aromatic heterocycles. The highest BCUT2D eigenvalue weighted by atomic mass is 79.9. The number of carbonyl (C=O) groups is 1. The van der Waals surface area contributed by atoms with Gasteiger partial charge in [-0.05, 0) is 47.0 Å². The highest BCUT2D eigenvalue weighted by molar-refractivity contribution is 9.10. The zero-order valence-electron chi connectivity index (χ0n) is 11.7. The summed E-state index contributed by atoms with van der Waals surface area (Å²) in [6.45, 7) is 4.23. The van der Waals surface area contributed by atoms with Crippen LogP contribution in [-0.2, 0) is 14.8 Å². The van der Waals surface area contributed by atoms with Crippen LogP contribution in [0.5, 0.6) is 0 Å². The van der Waals surface area contributed by atoms with Gasteiger partial charge in [-0.15, -0.1) is 6.58 Å². The van der Waals surface area contributed by atoms with Crippen molar-refractivity contribution in [1.29, 1.82) is 0 Å². The number of ether oxygens (including phenoxy) is 1. The van der Waals surface area contributed by atoms with Crippen LogP contribution < -0.4 is 4.72 Å². The van der Waals surface area contributed by atoms with Crippen molar-refractivity contribution >= 4 is 31.9 Å². The maximum atomic E-state index is 12.4. The Kier molecular flexibility index (Phi) is 5.38. The zero-order valence-corrected chi connectivity index (χ0v) is 14.1. The fraction of sp³-hybridized carbons (Fsp3) is 0.357. The average molecular weight is 390 g/mol. The Balaban J connectivity index is 2.24. The highest BCUT2D eigenvalue weighted by Gasteiger charge is 2.29. The van der Waals surface area contributed by atoms with E-state index in [2.05, 4.69) is 27.2 Å². The molecule has 22 heavy (non-hydrogen) atoms. The second-order valence-electron chi connectivity index (χ2n) is 4.89. The van der Waals surface area contributed by atoms with Crippen molar-refractivity contribution in [2.45, 2.75) is 29.9 Å². The quantitative estimate of drug-likeness (QED) is 0.752. The number of halogens is 1. The minimum atomic E-state index is -3.77.